The average Bonchev–Trinajstić information content (AvgIpc) is 2.43. The van der Waals surface area contributed by atoms with Crippen LogP contribution in [0.2, 0.25) is 0 Å². The summed E-state index contributed by atoms with van der Waals surface area (Å²) in [6.45, 7) is 1.49. The summed E-state index contributed by atoms with van der Waals surface area (Å²) in [6.07, 6.45) is -4.38. The number of carbonyl (C=O) groups excluding carboxylic acids is 2. The maximum Gasteiger partial charge on any atom is 0.305 e. The smallest absolute Gasteiger partial charge is 0.305 e. The highest BCUT2D eigenvalue weighted by Gasteiger charge is 2.60. The third-order valence-corrected chi connectivity index (χ3v) is 2.39. The van der Waals surface area contributed by atoms with Crippen LogP contribution in [0.4, 0.5) is 0 Å². The lowest BCUT2D eigenvalue weighted by molar-refractivity contribution is -0.239. The summed E-state index contributed by atoms with van der Waals surface area (Å²) in [5.41, 5.74) is 0. The van der Waals surface area contributed by atoms with Gasteiger partial charge in [-0.2, -0.15) is 0 Å². The zero-order chi connectivity index (χ0) is 12.5. The van der Waals surface area contributed by atoms with E-state index in [1.165, 1.54) is 0 Å². The summed E-state index contributed by atoms with van der Waals surface area (Å²) in [6, 6.07) is 0. The first kappa shape index (κ1) is 13.0. The molecule has 0 bridgehead atoms. The van der Waals surface area contributed by atoms with E-state index in [1.54, 1.807) is 0 Å². The Morgan fingerprint density at radius 3 is 2.25 bits per heavy atom. The number of hydrogen-bond donors (Lipinski definition) is 3. The Bertz CT molecular complexity index is 302. The zero-order valence-electron chi connectivity index (χ0n) is 8.91. The van der Waals surface area contributed by atoms with E-state index in [4.69, 9.17) is 9.84 Å². The molecule has 3 N–H and O–H groups in total. The Hall–Kier alpha value is -1.02. The van der Waals surface area contributed by atoms with Crippen molar-refractivity contribution in [2.75, 3.05) is 6.61 Å². The van der Waals surface area contributed by atoms with Crippen LogP contribution in [0.25, 0.3) is 0 Å². The minimum Gasteiger partial charge on any atom is -0.422 e. The second-order valence-electron chi connectivity index (χ2n) is 3.59. The average molecular weight is 234 g/mol. The first-order valence-electron chi connectivity index (χ1n) is 4.70. The van der Waals surface area contributed by atoms with Gasteiger partial charge in [-0.1, -0.05) is 0 Å². The molecule has 0 radical (unpaired) electrons. The van der Waals surface area contributed by atoms with E-state index in [9.17, 15) is 19.8 Å². The molecule has 0 amide bonds. The van der Waals surface area contributed by atoms with Gasteiger partial charge in [0.25, 0.3) is 0 Å². The molecular weight excluding hydrogens is 220 g/mol. The summed E-state index contributed by atoms with van der Waals surface area (Å²) in [5.74, 6) is -3.82. The van der Waals surface area contributed by atoms with Crippen molar-refractivity contribution in [3.05, 3.63) is 0 Å². The summed E-state index contributed by atoms with van der Waals surface area (Å²) in [7, 11) is 0. The highest BCUT2D eigenvalue weighted by Crippen LogP contribution is 2.33. The number of aliphatic hydroxyl groups is 3. The van der Waals surface area contributed by atoms with Gasteiger partial charge in [0.1, 0.15) is 12.2 Å². The maximum atomic E-state index is 11.4. The second-order valence-corrected chi connectivity index (χ2v) is 3.59. The van der Waals surface area contributed by atoms with Crippen LogP contribution in [0, 0.1) is 0 Å². The Morgan fingerprint density at radius 2 is 1.94 bits per heavy atom. The molecule has 7 heteroatoms. The van der Waals surface area contributed by atoms with Crippen LogP contribution in [0.15, 0.2) is 0 Å². The molecule has 0 spiro atoms. The van der Waals surface area contributed by atoms with Crippen molar-refractivity contribution >= 4 is 11.8 Å². The molecule has 1 unspecified atom stereocenters. The quantitative estimate of drug-likeness (QED) is 0.481. The molecule has 0 aliphatic carbocycles. The lowest BCUT2D eigenvalue weighted by Crippen LogP contribution is -2.52. The van der Waals surface area contributed by atoms with Gasteiger partial charge in [0, 0.05) is 13.8 Å². The minimum atomic E-state index is -2.22. The molecule has 0 aromatic carbocycles. The van der Waals surface area contributed by atoms with E-state index in [-0.39, 0.29) is 0 Å². The number of Topliss-reactive ketones (excluding diaryl/α,β-unsaturated/α-hetero) is 1. The third-order valence-electron chi connectivity index (χ3n) is 2.39. The van der Waals surface area contributed by atoms with E-state index in [0.29, 0.717) is 0 Å². The first-order chi connectivity index (χ1) is 7.35. The fourth-order valence-electron chi connectivity index (χ4n) is 1.60. The van der Waals surface area contributed by atoms with Gasteiger partial charge in [0.05, 0.1) is 6.61 Å². The van der Waals surface area contributed by atoms with Gasteiger partial charge in [0.15, 0.2) is 6.10 Å². The van der Waals surface area contributed by atoms with E-state index in [1.807, 2.05) is 0 Å². The number of esters is 1. The van der Waals surface area contributed by atoms with Crippen molar-refractivity contribution in [2.45, 2.75) is 37.9 Å². The van der Waals surface area contributed by atoms with Gasteiger partial charge in [0.2, 0.25) is 5.78 Å². The summed E-state index contributed by atoms with van der Waals surface area (Å²) in [4.78, 5) is 22.2. The Kier molecular flexibility index (Phi) is 3.64. The van der Waals surface area contributed by atoms with Crippen molar-refractivity contribution in [1.82, 2.24) is 0 Å². The molecule has 1 saturated heterocycles. The van der Waals surface area contributed by atoms with Crippen molar-refractivity contribution in [3.63, 3.8) is 0 Å². The van der Waals surface area contributed by atoms with Gasteiger partial charge in [-0.05, 0) is 0 Å². The van der Waals surface area contributed by atoms with Crippen LogP contribution in [-0.2, 0) is 19.1 Å². The number of carbonyl (C=O) groups is 2. The summed E-state index contributed by atoms with van der Waals surface area (Å²) >= 11 is 0. The SMILES string of the molecule is CC(=O)OC1(C(C)=O)O[C@H](CO)[C@@H](O)[C@H]1O. The predicted octanol–water partition coefficient (Wildman–Crippen LogP) is -2.05. The normalized spacial score (nSPS) is 38.4. The highest BCUT2D eigenvalue weighted by atomic mass is 16.7. The lowest BCUT2D eigenvalue weighted by Gasteiger charge is -2.28. The molecular formula is C9H14O7. The van der Waals surface area contributed by atoms with Crippen LogP contribution in [0.1, 0.15) is 13.8 Å². The first-order valence-corrected chi connectivity index (χ1v) is 4.70. The summed E-state index contributed by atoms with van der Waals surface area (Å²) in [5, 5.41) is 28.0. The Balaban J connectivity index is 3.03. The standard InChI is InChI=1S/C9H14O7/c1-4(11)9(15-5(2)12)8(14)7(13)6(3-10)16-9/h6-8,10,13-14H,3H2,1-2H3/t6-,7-,8-,9?/m1/s1. The molecule has 4 atom stereocenters. The van der Waals surface area contributed by atoms with Gasteiger partial charge >= 0.3 is 11.8 Å². The van der Waals surface area contributed by atoms with Crippen molar-refractivity contribution < 1.29 is 34.4 Å². The fraction of sp³-hybridized carbons (Fsp3) is 0.778. The van der Waals surface area contributed by atoms with Crippen molar-refractivity contribution in [1.29, 1.82) is 0 Å². The maximum absolute atomic E-state index is 11.4. The van der Waals surface area contributed by atoms with Gasteiger partial charge in [-0.25, -0.2) is 0 Å². The molecule has 1 heterocycles. The van der Waals surface area contributed by atoms with Crippen LogP contribution in [0.5, 0.6) is 0 Å². The fourth-order valence-corrected chi connectivity index (χ4v) is 1.60. The molecule has 92 valence electrons. The number of ketones is 1. The molecule has 1 rings (SSSR count). The van der Waals surface area contributed by atoms with E-state index >= 15 is 0 Å². The van der Waals surface area contributed by atoms with Gasteiger partial charge in [-0.15, -0.1) is 0 Å². The molecule has 0 aromatic heterocycles. The zero-order valence-corrected chi connectivity index (χ0v) is 8.91. The minimum absolute atomic E-state index is 0.603. The van der Waals surface area contributed by atoms with Crippen LogP contribution in [0.3, 0.4) is 0 Å². The Labute approximate surface area is 91.6 Å². The van der Waals surface area contributed by atoms with Gasteiger partial charge < -0.3 is 24.8 Å². The number of rotatable bonds is 3. The van der Waals surface area contributed by atoms with E-state index < -0.39 is 42.5 Å². The van der Waals surface area contributed by atoms with E-state index in [2.05, 4.69) is 4.74 Å². The van der Waals surface area contributed by atoms with Crippen molar-refractivity contribution in [2.24, 2.45) is 0 Å². The van der Waals surface area contributed by atoms with Crippen molar-refractivity contribution in [3.8, 4) is 0 Å². The van der Waals surface area contributed by atoms with Crippen LogP contribution >= 0.6 is 0 Å². The highest BCUT2D eigenvalue weighted by molar-refractivity contribution is 5.87. The molecule has 0 aromatic rings. The molecule has 16 heavy (non-hydrogen) atoms. The third kappa shape index (κ3) is 1.94. The molecule has 1 fully saturated rings. The van der Waals surface area contributed by atoms with Crippen LogP contribution < -0.4 is 0 Å². The number of hydrogen-bond acceptors (Lipinski definition) is 7. The second kappa shape index (κ2) is 4.46. The molecule has 0 saturated carbocycles. The topological polar surface area (TPSA) is 113 Å². The number of aliphatic hydroxyl groups excluding tert-OH is 3. The van der Waals surface area contributed by atoms with E-state index in [0.717, 1.165) is 13.8 Å². The van der Waals surface area contributed by atoms with Gasteiger partial charge in [-0.3, -0.25) is 9.59 Å². The number of ether oxygens (including phenoxy) is 2. The molecule has 1 aliphatic heterocycles. The predicted molar refractivity (Wildman–Crippen MR) is 49.2 cm³/mol. The monoisotopic (exact) mass is 234 g/mol. The largest absolute Gasteiger partial charge is 0.422 e. The summed E-state index contributed by atoms with van der Waals surface area (Å²) < 4.78 is 9.60. The molecule has 1 aliphatic rings. The lowest BCUT2D eigenvalue weighted by atomic mass is 10.0. The van der Waals surface area contributed by atoms with Crippen LogP contribution in [-0.4, -0.2) is 57.8 Å². The Morgan fingerprint density at radius 1 is 1.38 bits per heavy atom. The molecule has 7 nitrogen and oxygen atoms in total.